The van der Waals surface area contributed by atoms with E-state index in [0.717, 1.165) is 29.2 Å². The number of rotatable bonds is 7. The molecule has 2 aliphatic heterocycles. The predicted molar refractivity (Wildman–Crippen MR) is 117 cm³/mol. The molecule has 0 bridgehead atoms. The quantitative estimate of drug-likeness (QED) is 0.569. The highest BCUT2D eigenvalue weighted by atomic mass is 16.5. The summed E-state index contributed by atoms with van der Waals surface area (Å²) < 4.78 is 19.3. The van der Waals surface area contributed by atoms with Crippen LogP contribution in [0.2, 0.25) is 0 Å². The standard InChI is InChI=1S/C24H26N4O4/c1-24(2)11-17-7-6-10-21(23(17)32-24)31-16-22(29)27-13-19(14-27)28-12-18(25-26-28)15-30-20-8-4-3-5-9-20/h3-10,12,19H,11,13-16H2,1-2H3. The molecule has 3 heterocycles. The van der Waals surface area contributed by atoms with E-state index in [1.807, 2.05) is 68.6 Å². The minimum absolute atomic E-state index is 0.0134. The number of para-hydroxylation sites is 2. The largest absolute Gasteiger partial charge is 0.487 e. The van der Waals surface area contributed by atoms with E-state index in [4.69, 9.17) is 14.2 Å². The molecule has 1 aromatic heterocycles. The SMILES string of the molecule is CC1(C)Cc2cccc(OCC(=O)N3CC(n4cc(COc5ccccc5)nn4)C3)c2O1. The van der Waals surface area contributed by atoms with Crippen molar-refractivity contribution in [1.29, 1.82) is 0 Å². The maximum atomic E-state index is 12.6. The number of likely N-dealkylation sites (tertiary alicyclic amines) is 1. The minimum Gasteiger partial charge on any atom is -0.487 e. The maximum absolute atomic E-state index is 12.6. The first-order chi connectivity index (χ1) is 15.5. The summed E-state index contributed by atoms with van der Waals surface area (Å²) in [4.78, 5) is 14.3. The number of hydrogen-bond donors (Lipinski definition) is 0. The Balaban J connectivity index is 1.10. The molecule has 32 heavy (non-hydrogen) atoms. The van der Waals surface area contributed by atoms with Gasteiger partial charge in [-0.15, -0.1) is 5.10 Å². The molecule has 8 nitrogen and oxygen atoms in total. The van der Waals surface area contributed by atoms with Crippen molar-refractivity contribution in [1.82, 2.24) is 19.9 Å². The van der Waals surface area contributed by atoms with Crippen molar-refractivity contribution in [2.45, 2.75) is 38.5 Å². The number of ether oxygens (including phenoxy) is 3. The Hall–Kier alpha value is -3.55. The van der Waals surface area contributed by atoms with Gasteiger partial charge in [-0.05, 0) is 32.0 Å². The van der Waals surface area contributed by atoms with Crippen molar-refractivity contribution in [2.24, 2.45) is 0 Å². The number of hydrogen-bond acceptors (Lipinski definition) is 6. The molecule has 8 heteroatoms. The topological polar surface area (TPSA) is 78.7 Å². The van der Waals surface area contributed by atoms with Crippen LogP contribution in [-0.4, -0.2) is 51.1 Å². The Morgan fingerprint density at radius 2 is 1.94 bits per heavy atom. The number of amides is 1. The average Bonchev–Trinajstić information content (AvgIpc) is 3.33. The molecule has 0 atom stereocenters. The lowest BCUT2D eigenvalue weighted by Gasteiger charge is -2.38. The van der Waals surface area contributed by atoms with Crippen LogP contribution in [0, 0.1) is 0 Å². The van der Waals surface area contributed by atoms with Gasteiger partial charge >= 0.3 is 0 Å². The van der Waals surface area contributed by atoms with E-state index in [1.165, 1.54) is 0 Å². The van der Waals surface area contributed by atoms with Crippen LogP contribution in [0.25, 0.3) is 0 Å². The summed E-state index contributed by atoms with van der Waals surface area (Å²) >= 11 is 0. The third-order valence-corrected chi connectivity index (χ3v) is 5.68. The highest BCUT2D eigenvalue weighted by Gasteiger charge is 2.34. The summed E-state index contributed by atoms with van der Waals surface area (Å²) in [6.45, 7) is 5.60. The molecule has 0 N–H and O–H groups in total. The maximum Gasteiger partial charge on any atom is 0.260 e. The molecule has 0 unspecified atom stereocenters. The smallest absolute Gasteiger partial charge is 0.260 e. The third kappa shape index (κ3) is 4.26. The molecular formula is C24H26N4O4. The van der Waals surface area contributed by atoms with Gasteiger partial charge in [0.15, 0.2) is 18.1 Å². The van der Waals surface area contributed by atoms with Crippen molar-refractivity contribution >= 4 is 5.91 Å². The zero-order valence-corrected chi connectivity index (χ0v) is 18.2. The van der Waals surface area contributed by atoms with Gasteiger partial charge in [0.25, 0.3) is 5.91 Å². The van der Waals surface area contributed by atoms with Crippen LogP contribution >= 0.6 is 0 Å². The monoisotopic (exact) mass is 434 g/mol. The van der Waals surface area contributed by atoms with Gasteiger partial charge in [0.1, 0.15) is 23.7 Å². The first kappa shape index (κ1) is 20.4. The molecule has 1 fully saturated rings. The first-order valence-corrected chi connectivity index (χ1v) is 10.8. The van der Waals surface area contributed by atoms with Crippen molar-refractivity contribution in [2.75, 3.05) is 19.7 Å². The van der Waals surface area contributed by atoms with E-state index >= 15 is 0 Å². The summed E-state index contributed by atoms with van der Waals surface area (Å²) in [5.41, 5.74) is 1.62. The zero-order valence-electron chi connectivity index (χ0n) is 18.2. The van der Waals surface area contributed by atoms with Gasteiger partial charge in [-0.25, -0.2) is 4.68 Å². The van der Waals surface area contributed by atoms with Gasteiger partial charge in [-0.1, -0.05) is 35.5 Å². The molecule has 5 rings (SSSR count). The Kier molecular flexibility index (Phi) is 5.20. The number of carbonyl (C=O) groups excluding carboxylic acids is 1. The van der Waals surface area contributed by atoms with E-state index in [9.17, 15) is 4.79 Å². The predicted octanol–water partition coefficient (Wildman–Crippen LogP) is 3.03. The lowest BCUT2D eigenvalue weighted by molar-refractivity contribution is -0.139. The van der Waals surface area contributed by atoms with Crippen LogP contribution < -0.4 is 14.2 Å². The van der Waals surface area contributed by atoms with Crippen LogP contribution in [0.4, 0.5) is 0 Å². The summed E-state index contributed by atoms with van der Waals surface area (Å²) in [6, 6.07) is 15.5. The Bertz CT molecular complexity index is 1110. The number of fused-ring (bicyclic) bond motifs is 1. The van der Waals surface area contributed by atoms with E-state index in [-0.39, 0.29) is 24.2 Å². The number of benzene rings is 2. The number of carbonyl (C=O) groups is 1. The molecule has 1 saturated heterocycles. The van der Waals surface area contributed by atoms with Gasteiger partial charge in [-0.2, -0.15) is 0 Å². The number of nitrogens with zero attached hydrogens (tertiary/aromatic N) is 4. The summed E-state index contributed by atoms with van der Waals surface area (Å²) in [5, 5.41) is 8.36. The Morgan fingerprint density at radius 1 is 1.12 bits per heavy atom. The Morgan fingerprint density at radius 3 is 2.75 bits per heavy atom. The van der Waals surface area contributed by atoms with Crippen LogP contribution in [0.3, 0.4) is 0 Å². The highest BCUT2D eigenvalue weighted by molar-refractivity contribution is 5.78. The second kappa shape index (κ2) is 8.18. The first-order valence-electron chi connectivity index (χ1n) is 10.8. The van der Waals surface area contributed by atoms with E-state index in [1.54, 1.807) is 9.58 Å². The molecule has 2 aliphatic rings. The molecule has 0 saturated carbocycles. The molecule has 2 aromatic carbocycles. The number of aromatic nitrogens is 3. The normalized spacial score (nSPS) is 16.8. The van der Waals surface area contributed by atoms with Gasteiger partial charge in [-0.3, -0.25) is 4.79 Å². The fraction of sp³-hybridized carbons (Fsp3) is 0.375. The van der Waals surface area contributed by atoms with Gasteiger partial charge in [0.2, 0.25) is 0 Å². The van der Waals surface area contributed by atoms with Crippen molar-refractivity contribution < 1.29 is 19.0 Å². The molecule has 166 valence electrons. The van der Waals surface area contributed by atoms with Crippen LogP contribution in [-0.2, 0) is 17.8 Å². The molecule has 1 amide bonds. The average molecular weight is 434 g/mol. The van der Waals surface area contributed by atoms with Crippen LogP contribution in [0.1, 0.15) is 31.1 Å². The molecule has 0 aliphatic carbocycles. The van der Waals surface area contributed by atoms with Gasteiger partial charge < -0.3 is 19.1 Å². The third-order valence-electron chi connectivity index (χ3n) is 5.68. The van der Waals surface area contributed by atoms with E-state index in [2.05, 4.69) is 10.3 Å². The summed E-state index contributed by atoms with van der Waals surface area (Å²) in [6.07, 6.45) is 2.70. The van der Waals surface area contributed by atoms with E-state index < -0.39 is 0 Å². The van der Waals surface area contributed by atoms with Crippen molar-refractivity contribution in [3.8, 4) is 17.2 Å². The second-order valence-electron chi connectivity index (χ2n) is 8.82. The van der Waals surface area contributed by atoms with Crippen molar-refractivity contribution in [3.05, 3.63) is 66.0 Å². The summed E-state index contributed by atoms with van der Waals surface area (Å²) in [5.74, 6) is 2.11. The molecular weight excluding hydrogens is 408 g/mol. The fourth-order valence-corrected chi connectivity index (χ4v) is 3.99. The highest BCUT2D eigenvalue weighted by Crippen LogP contribution is 2.41. The van der Waals surface area contributed by atoms with Crippen LogP contribution in [0.5, 0.6) is 17.2 Å². The molecule has 3 aromatic rings. The second-order valence-corrected chi connectivity index (χ2v) is 8.82. The lowest BCUT2D eigenvalue weighted by Crippen LogP contribution is -2.52. The van der Waals surface area contributed by atoms with Gasteiger partial charge in [0.05, 0.1) is 12.2 Å². The lowest BCUT2D eigenvalue weighted by atomic mass is 10.0. The minimum atomic E-state index is -0.251. The fourth-order valence-electron chi connectivity index (χ4n) is 3.99. The molecule has 0 spiro atoms. The zero-order chi connectivity index (χ0) is 22.1. The van der Waals surface area contributed by atoms with E-state index in [0.29, 0.717) is 25.4 Å². The summed E-state index contributed by atoms with van der Waals surface area (Å²) in [7, 11) is 0. The van der Waals surface area contributed by atoms with Crippen molar-refractivity contribution in [3.63, 3.8) is 0 Å². The van der Waals surface area contributed by atoms with Gasteiger partial charge in [0, 0.05) is 25.1 Å². The Labute approximate surface area is 186 Å². The molecule has 0 radical (unpaired) electrons. The van der Waals surface area contributed by atoms with Crippen LogP contribution in [0.15, 0.2) is 54.7 Å².